The molecule has 0 bridgehead atoms. The second-order valence-electron chi connectivity index (χ2n) is 15.7. The largest absolute Gasteiger partial charge is 0.343 e. The topological polar surface area (TPSA) is 9.86 Å². The van der Waals surface area contributed by atoms with E-state index in [1.54, 1.807) is 0 Å². The summed E-state index contributed by atoms with van der Waals surface area (Å²) in [6.07, 6.45) is 0. The number of aromatic nitrogens is 2. The summed E-state index contributed by atoms with van der Waals surface area (Å²) in [6, 6.07) is 72.0. The second kappa shape index (κ2) is 12.5. The fourth-order valence-electron chi connectivity index (χ4n) is 10.2. The number of para-hydroxylation sites is 4. The van der Waals surface area contributed by atoms with Crippen molar-refractivity contribution in [1.82, 2.24) is 9.13 Å². The van der Waals surface area contributed by atoms with E-state index < -0.39 is 0 Å². The van der Waals surface area contributed by atoms with Crippen LogP contribution in [0.4, 0.5) is 0 Å². The molecule has 0 aliphatic heterocycles. The Morgan fingerprint density at radius 2 is 0.638 bits per heavy atom. The van der Waals surface area contributed by atoms with Crippen molar-refractivity contribution in [3.8, 4) is 44.5 Å². The van der Waals surface area contributed by atoms with E-state index in [4.69, 9.17) is 0 Å². The van der Waals surface area contributed by atoms with Crippen LogP contribution in [0, 0.1) is 0 Å². The molecule has 0 aliphatic rings. The molecule has 2 heterocycles. The van der Waals surface area contributed by atoms with E-state index in [9.17, 15) is 0 Å². The standard InChI is InChI=1S/C56H38N2/c1-57-52-32-8-6-18-41(52)48-30-14-28-46(55(48)57)39-23-12-26-44-50(39)34-51-40(47-29-15-31-49-42-19-7-9-33-53(42)58(2)56(47)49)24-13-27-45(51)54(44)43-25-11-21-37-36(20-10-22-38(37)43)35-16-4-3-5-17-35/h3-34H,1-2H3. The molecule has 0 unspecified atom stereocenters. The summed E-state index contributed by atoms with van der Waals surface area (Å²) in [5.41, 5.74) is 14.9. The Kier molecular flexibility index (Phi) is 7.09. The van der Waals surface area contributed by atoms with Gasteiger partial charge in [-0.15, -0.1) is 0 Å². The first-order valence-corrected chi connectivity index (χ1v) is 20.1. The van der Waals surface area contributed by atoms with Crippen LogP contribution in [-0.2, 0) is 14.1 Å². The number of aryl methyl sites for hydroxylation is 2. The molecule has 58 heavy (non-hydrogen) atoms. The summed E-state index contributed by atoms with van der Waals surface area (Å²) in [4.78, 5) is 0. The maximum absolute atomic E-state index is 2.49. The maximum atomic E-state index is 2.49. The minimum absolute atomic E-state index is 1.23. The van der Waals surface area contributed by atoms with Gasteiger partial charge in [-0.2, -0.15) is 0 Å². The Hall–Kier alpha value is -7.42. The molecule has 10 aromatic carbocycles. The molecule has 0 fully saturated rings. The van der Waals surface area contributed by atoms with Gasteiger partial charge in [0.1, 0.15) is 0 Å². The van der Waals surface area contributed by atoms with Gasteiger partial charge in [-0.3, -0.25) is 0 Å². The fraction of sp³-hybridized carbons (Fsp3) is 0.0357. The highest BCUT2D eigenvalue weighted by molar-refractivity contribution is 6.25. The molecule has 0 atom stereocenters. The van der Waals surface area contributed by atoms with Crippen molar-refractivity contribution in [3.05, 3.63) is 194 Å². The molecular weight excluding hydrogens is 701 g/mol. The third-order valence-electron chi connectivity index (χ3n) is 12.8. The third kappa shape index (κ3) is 4.60. The van der Waals surface area contributed by atoms with Crippen LogP contribution in [0.5, 0.6) is 0 Å². The van der Waals surface area contributed by atoms with Gasteiger partial charge in [-0.1, -0.05) is 176 Å². The van der Waals surface area contributed by atoms with Crippen molar-refractivity contribution in [2.24, 2.45) is 14.1 Å². The summed E-state index contributed by atoms with van der Waals surface area (Å²) in [5, 5.41) is 12.6. The lowest BCUT2D eigenvalue weighted by atomic mass is 9.84. The smallest absolute Gasteiger partial charge is 0.0568 e. The van der Waals surface area contributed by atoms with Crippen LogP contribution >= 0.6 is 0 Å². The first kappa shape index (κ1) is 32.8. The van der Waals surface area contributed by atoms with Crippen LogP contribution in [0.1, 0.15) is 0 Å². The molecule has 0 saturated heterocycles. The fourth-order valence-corrected chi connectivity index (χ4v) is 10.2. The van der Waals surface area contributed by atoms with E-state index >= 15 is 0 Å². The highest BCUT2D eigenvalue weighted by atomic mass is 14.9. The lowest BCUT2D eigenvalue weighted by molar-refractivity contribution is 1.02. The molecule has 0 amide bonds. The molecule has 12 rings (SSSR count). The summed E-state index contributed by atoms with van der Waals surface area (Å²) < 4.78 is 4.76. The molecule has 0 N–H and O–H groups in total. The molecule has 2 aromatic heterocycles. The predicted molar refractivity (Wildman–Crippen MR) is 249 cm³/mol. The van der Waals surface area contributed by atoms with Crippen LogP contribution < -0.4 is 0 Å². The normalized spacial score (nSPS) is 12.0. The minimum atomic E-state index is 1.23. The molecule has 0 spiro atoms. The Morgan fingerprint density at radius 3 is 1.17 bits per heavy atom. The van der Waals surface area contributed by atoms with Gasteiger partial charge in [0, 0.05) is 57.8 Å². The van der Waals surface area contributed by atoms with Gasteiger partial charge in [0.05, 0.1) is 11.0 Å². The van der Waals surface area contributed by atoms with E-state index in [-0.39, 0.29) is 0 Å². The van der Waals surface area contributed by atoms with Gasteiger partial charge >= 0.3 is 0 Å². The first-order chi connectivity index (χ1) is 28.7. The van der Waals surface area contributed by atoms with Crippen molar-refractivity contribution in [2.75, 3.05) is 0 Å². The quantitative estimate of drug-likeness (QED) is 0.159. The van der Waals surface area contributed by atoms with Gasteiger partial charge in [-0.25, -0.2) is 0 Å². The van der Waals surface area contributed by atoms with E-state index in [0.29, 0.717) is 0 Å². The van der Waals surface area contributed by atoms with Crippen LogP contribution in [0.3, 0.4) is 0 Å². The van der Waals surface area contributed by atoms with E-state index in [1.807, 2.05) is 0 Å². The van der Waals surface area contributed by atoms with Crippen molar-refractivity contribution in [2.45, 2.75) is 0 Å². The van der Waals surface area contributed by atoms with Gasteiger partial charge in [0.2, 0.25) is 0 Å². The molecule has 2 nitrogen and oxygen atoms in total. The van der Waals surface area contributed by atoms with E-state index in [2.05, 4.69) is 217 Å². The maximum Gasteiger partial charge on any atom is 0.0568 e. The molecule has 2 heteroatoms. The minimum Gasteiger partial charge on any atom is -0.343 e. The van der Waals surface area contributed by atoms with Crippen LogP contribution in [0.15, 0.2) is 194 Å². The Labute approximate surface area is 336 Å². The van der Waals surface area contributed by atoms with Gasteiger partial charge in [0.15, 0.2) is 0 Å². The van der Waals surface area contributed by atoms with Crippen molar-refractivity contribution >= 4 is 75.9 Å². The van der Waals surface area contributed by atoms with Crippen molar-refractivity contribution in [1.29, 1.82) is 0 Å². The zero-order chi connectivity index (χ0) is 38.5. The monoisotopic (exact) mass is 738 g/mol. The molecular formula is C56H38N2. The zero-order valence-corrected chi connectivity index (χ0v) is 32.4. The number of nitrogens with zero attached hydrogens (tertiary/aromatic N) is 2. The molecule has 12 aromatic rings. The molecule has 272 valence electrons. The lowest BCUT2D eigenvalue weighted by Gasteiger charge is -2.20. The van der Waals surface area contributed by atoms with Crippen LogP contribution in [0.2, 0.25) is 0 Å². The van der Waals surface area contributed by atoms with Crippen LogP contribution in [0.25, 0.3) is 120 Å². The van der Waals surface area contributed by atoms with Crippen molar-refractivity contribution < 1.29 is 0 Å². The second-order valence-corrected chi connectivity index (χ2v) is 15.7. The number of hydrogen-bond donors (Lipinski definition) is 0. The number of hydrogen-bond acceptors (Lipinski definition) is 0. The van der Waals surface area contributed by atoms with E-state index in [0.717, 1.165) is 0 Å². The number of benzene rings is 10. The third-order valence-corrected chi connectivity index (χ3v) is 12.8. The van der Waals surface area contributed by atoms with Crippen LogP contribution in [-0.4, -0.2) is 9.13 Å². The highest BCUT2D eigenvalue weighted by Crippen LogP contribution is 2.48. The number of fused-ring (bicyclic) bond motifs is 9. The average molecular weight is 739 g/mol. The lowest BCUT2D eigenvalue weighted by Crippen LogP contribution is -1.94. The average Bonchev–Trinajstić information content (AvgIpc) is 3.75. The Bertz CT molecular complexity index is 3460. The predicted octanol–water partition coefficient (Wildman–Crippen LogP) is 15.1. The number of rotatable bonds is 4. The van der Waals surface area contributed by atoms with E-state index in [1.165, 1.54) is 120 Å². The first-order valence-electron chi connectivity index (χ1n) is 20.1. The van der Waals surface area contributed by atoms with Gasteiger partial charge < -0.3 is 9.13 Å². The van der Waals surface area contributed by atoms with Gasteiger partial charge in [-0.05, 0) is 83.9 Å². The SMILES string of the molecule is Cn1c2ccccc2c2cccc(-c3cccc4c(-c5cccc6c(-c7ccccc7)cccc56)c5cccc(-c6cccc7c8ccccc8n(C)c67)c5cc34)c21. The van der Waals surface area contributed by atoms with Crippen molar-refractivity contribution in [3.63, 3.8) is 0 Å². The highest BCUT2D eigenvalue weighted by Gasteiger charge is 2.21. The summed E-state index contributed by atoms with van der Waals surface area (Å²) in [7, 11) is 4.42. The summed E-state index contributed by atoms with van der Waals surface area (Å²) in [5.74, 6) is 0. The Balaban J connectivity index is 1.24. The zero-order valence-electron chi connectivity index (χ0n) is 32.4. The van der Waals surface area contributed by atoms with Gasteiger partial charge in [0.25, 0.3) is 0 Å². The molecule has 0 radical (unpaired) electrons. The Morgan fingerprint density at radius 1 is 0.259 bits per heavy atom. The molecule has 0 aliphatic carbocycles. The summed E-state index contributed by atoms with van der Waals surface area (Å²) in [6.45, 7) is 0. The molecule has 0 saturated carbocycles. The summed E-state index contributed by atoms with van der Waals surface area (Å²) >= 11 is 0.